The lowest BCUT2D eigenvalue weighted by molar-refractivity contribution is 0.191. The first-order valence-corrected chi connectivity index (χ1v) is 6.82. The van der Waals surface area contributed by atoms with Crippen LogP contribution in [-0.4, -0.2) is 31.1 Å². The van der Waals surface area contributed by atoms with Gasteiger partial charge in [0.15, 0.2) is 0 Å². The van der Waals surface area contributed by atoms with E-state index in [0.29, 0.717) is 12.0 Å². The molecule has 1 aliphatic rings. The van der Waals surface area contributed by atoms with E-state index in [0.717, 1.165) is 25.9 Å². The molecule has 0 radical (unpaired) electrons. The van der Waals surface area contributed by atoms with Gasteiger partial charge in [0.05, 0.1) is 11.5 Å². The normalized spacial score (nSPS) is 25.2. The second-order valence-electron chi connectivity index (χ2n) is 6.07. The molecule has 2 unspecified atom stereocenters. The van der Waals surface area contributed by atoms with Gasteiger partial charge in [-0.25, -0.2) is 0 Å². The van der Waals surface area contributed by atoms with Gasteiger partial charge in [-0.1, -0.05) is 6.42 Å². The Kier molecular flexibility index (Phi) is 5.42. The predicted molar refractivity (Wildman–Crippen MR) is 71.4 cm³/mol. The summed E-state index contributed by atoms with van der Waals surface area (Å²) in [5.74, 6) is 0.684. The van der Waals surface area contributed by atoms with Gasteiger partial charge < -0.3 is 10.6 Å². The quantitative estimate of drug-likeness (QED) is 0.771. The van der Waals surface area contributed by atoms with Crippen LogP contribution in [0.15, 0.2) is 0 Å². The summed E-state index contributed by atoms with van der Waals surface area (Å²) < 4.78 is 0. The van der Waals surface area contributed by atoms with Crippen molar-refractivity contribution in [1.82, 2.24) is 4.90 Å². The number of hydrogen-bond acceptors (Lipinski definition) is 3. The Balaban J connectivity index is 2.30. The molecule has 0 spiro atoms. The third-order valence-corrected chi connectivity index (χ3v) is 4.10. The van der Waals surface area contributed by atoms with Crippen LogP contribution >= 0.6 is 0 Å². The summed E-state index contributed by atoms with van der Waals surface area (Å²) in [6.45, 7) is 5.95. The van der Waals surface area contributed by atoms with Crippen LogP contribution in [0.1, 0.15) is 46.0 Å². The molecule has 0 aliphatic heterocycles. The summed E-state index contributed by atoms with van der Waals surface area (Å²) in [5, 5.41) is 8.97. The molecule has 3 heteroatoms. The van der Waals surface area contributed by atoms with Crippen LogP contribution in [0.3, 0.4) is 0 Å². The third-order valence-electron chi connectivity index (χ3n) is 4.10. The molecule has 0 aromatic carbocycles. The Hall–Kier alpha value is -0.590. The van der Waals surface area contributed by atoms with Crippen molar-refractivity contribution in [2.24, 2.45) is 17.1 Å². The first kappa shape index (κ1) is 14.5. The molecule has 1 fully saturated rings. The molecule has 0 heterocycles. The zero-order chi connectivity index (χ0) is 12.9. The Morgan fingerprint density at radius 2 is 2.12 bits per heavy atom. The number of rotatable bonds is 6. The smallest absolute Gasteiger partial charge is 0.0683 e. The lowest BCUT2D eigenvalue weighted by atomic mass is 9.89. The summed E-state index contributed by atoms with van der Waals surface area (Å²) in [5.41, 5.74) is 5.63. The largest absolute Gasteiger partial charge is 0.330 e. The maximum Gasteiger partial charge on any atom is 0.0683 e. The molecule has 2 N–H and O–H groups in total. The zero-order valence-corrected chi connectivity index (χ0v) is 11.6. The van der Waals surface area contributed by atoms with E-state index in [1.807, 2.05) is 13.8 Å². The average Bonchev–Trinajstić information content (AvgIpc) is 2.76. The van der Waals surface area contributed by atoms with Crippen LogP contribution in [0.4, 0.5) is 0 Å². The number of hydrogen-bond donors (Lipinski definition) is 1. The highest BCUT2D eigenvalue weighted by atomic mass is 15.1. The molecule has 17 heavy (non-hydrogen) atoms. The number of nitriles is 1. The Labute approximate surface area is 106 Å². The fourth-order valence-corrected chi connectivity index (χ4v) is 2.86. The minimum atomic E-state index is -0.177. The summed E-state index contributed by atoms with van der Waals surface area (Å²) in [7, 11) is 2.21. The van der Waals surface area contributed by atoms with Gasteiger partial charge >= 0.3 is 0 Å². The predicted octanol–water partition coefficient (Wildman–Crippen LogP) is 2.38. The third kappa shape index (κ3) is 4.29. The highest BCUT2D eigenvalue weighted by Crippen LogP contribution is 2.29. The minimum absolute atomic E-state index is 0.177. The van der Waals surface area contributed by atoms with E-state index in [4.69, 9.17) is 11.0 Å². The van der Waals surface area contributed by atoms with Crippen LogP contribution < -0.4 is 5.73 Å². The summed E-state index contributed by atoms with van der Waals surface area (Å²) in [6, 6.07) is 3.04. The van der Waals surface area contributed by atoms with Crippen molar-refractivity contribution in [3.63, 3.8) is 0 Å². The fraction of sp³-hybridized carbons (Fsp3) is 0.929. The summed E-state index contributed by atoms with van der Waals surface area (Å²) >= 11 is 0. The molecule has 1 aliphatic carbocycles. The van der Waals surface area contributed by atoms with Crippen LogP contribution in [0.25, 0.3) is 0 Å². The lowest BCUT2D eigenvalue weighted by Gasteiger charge is -2.29. The van der Waals surface area contributed by atoms with Crippen LogP contribution in [0.2, 0.25) is 0 Å². The molecule has 0 amide bonds. The van der Waals surface area contributed by atoms with E-state index in [1.165, 1.54) is 19.3 Å². The van der Waals surface area contributed by atoms with Crippen molar-refractivity contribution in [2.45, 2.75) is 52.0 Å². The maximum atomic E-state index is 8.97. The van der Waals surface area contributed by atoms with Gasteiger partial charge in [0.1, 0.15) is 0 Å². The molecular weight excluding hydrogens is 210 g/mol. The van der Waals surface area contributed by atoms with Crippen molar-refractivity contribution >= 4 is 0 Å². The number of nitrogens with two attached hydrogens (primary N) is 1. The van der Waals surface area contributed by atoms with Gasteiger partial charge in [0.25, 0.3) is 0 Å². The van der Waals surface area contributed by atoms with Crippen LogP contribution in [0, 0.1) is 22.7 Å². The van der Waals surface area contributed by atoms with Gasteiger partial charge in [-0.3, -0.25) is 0 Å². The average molecular weight is 237 g/mol. The van der Waals surface area contributed by atoms with E-state index in [9.17, 15) is 0 Å². The SMILES string of the molecule is CN(CCCC(C)(C)C#N)C1CCCC1CN. The molecule has 1 saturated carbocycles. The maximum absolute atomic E-state index is 8.97. The van der Waals surface area contributed by atoms with Gasteiger partial charge in [-0.2, -0.15) is 5.26 Å². The van der Waals surface area contributed by atoms with Gasteiger partial charge in [-0.15, -0.1) is 0 Å². The molecule has 2 atom stereocenters. The molecule has 3 nitrogen and oxygen atoms in total. The van der Waals surface area contributed by atoms with Crippen molar-refractivity contribution in [2.75, 3.05) is 20.1 Å². The van der Waals surface area contributed by atoms with E-state index in [-0.39, 0.29) is 5.41 Å². The van der Waals surface area contributed by atoms with Gasteiger partial charge in [0, 0.05) is 6.04 Å². The molecule has 0 aromatic rings. The minimum Gasteiger partial charge on any atom is -0.330 e. The summed E-state index contributed by atoms with van der Waals surface area (Å²) in [4.78, 5) is 2.46. The zero-order valence-electron chi connectivity index (χ0n) is 11.6. The topological polar surface area (TPSA) is 53.0 Å². The van der Waals surface area contributed by atoms with Crippen LogP contribution in [-0.2, 0) is 0 Å². The van der Waals surface area contributed by atoms with Crippen LogP contribution in [0.5, 0.6) is 0 Å². The molecular formula is C14H27N3. The Bertz CT molecular complexity index is 267. The standard InChI is InChI=1S/C14H27N3/c1-14(2,11-16)8-5-9-17(3)13-7-4-6-12(13)10-15/h12-13H,4-10,15H2,1-3H3. The molecule has 0 saturated heterocycles. The summed E-state index contributed by atoms with van der Waals surface area (Å²) in [6.07, 6.45) is 5.98. The Morgan fingerprint density at radius 1 is 1.41 bits per heavy atom. The fourth-order valence-electron chi connectivity index (χ4n) is 2.86. The highest BCUT2D eigenvalue weighted by molar-refractivity contribution is 4.92. The van der Waals surface area contributed by atoms with Crippen molar-refractivity contribution in [3.8, 4) is 6.07 Å². The first-order valence-electron chi connectivity index (χ1n) is 6.82. The van der Waals surface area contributed by atoms with E-state index >= 15 is 0 Å². The van der Waals surface area contributed by atoms with Crippen molar-refractivity contribution < 1.29 is 0 Å². The number of nitrogens with zero attached hydrogens (tertiary/aromatic N) is 2. The second-order valence-corrected chi connectivity index (χ2v) is 6.07. The Morgan fingerprint density at radius 3 is 2.71 bits per heavy atom. The van der Waals surface area contributed by atoms with E-state index in [2.05, 4.69) is 18.0 Å². The van der Waals surface area contributed by atoms with E-state index in [1.54, 1.807) is 0 Å². The highest BCUT2D eigenvalue weighted by Gasteiger charge is 2.29. The molecule has 1 rings (SSSR count). The van der Waals surface area contributed by atoms with Gasteiger partial charge in [-0.05, 0) is 65.6 Å². The molecule has 0 aromatic heterocycles. The van der Waals surface area contributed by atoms with Crippen molar-refractivity contribution in [3.05, 3.63) is 0 Å². The molecule has 0 bridgehead atoms. The van der Waals surface area contributed by atoms with Crippen molar-refractivity contribution in [1.29, 1.82) is 5.26 Å². The molecule has 98 valence electrons. The van der Waals surface area contributed by atoms with Gasteiger partial charge in [0.2, 0.25) is 0 Å². The second kappa shape index (κ2) is 6.37. The monoisotopic (exact) mass is 237 g/mol. The lowest BCUT2D eigenvalue weighted by Crippen LogP contribution is -2.38. The first-order chi connectivity index (χ1) is 8.00. The van der Waals surface area contributed by atoms with E-state index < -0.39 is 0 Å².